The van der Waals surface area contributed by atoms with Gasteiger partial charge in [0.15, 0.2) is 0 Å². The van der Waals surface area contributed by atoms with Crippen LogP contribution in [0.3, 0.4) is 0 Å². The van der Waals surface area contributed by atoms with Gasteiger partial charge in [-0.2, -0.15) is 0 Å². The number of hydrogen-bond acceptors (Lipinski definition) is 3. The van der Waals surface area contributed by atoms with Gasteiger partial charge >= 0.3 is 5.97 Å². The Labute approximate surface area is 117 Å². The summed E-state index contributed by atoms with van der Waals surface area (Å²) < 4.78 is 5.55. The molecule has 4 nitrogen and oxygen atoms in total. The molecule has 2 N–H and O–H groups in total. The minimum Gasteiger partial charge on any atom is -0.507 e. The maximum absolute atomic E-state index is 11.0. The zero-order valence-corrected chi connectivity index (χ0v) is 11.3. The molecule has 0 heterocycles. The van der Waals surface area contributed by atoms with Crippen LogP contribution in [0.5, 0.6) is 11.5 Å². The summed E-state index contributed by atoms with van der Waals surface area (Å²) >= 11 is 0. The second-order valence-corrected chi connectivity index (χ2v) is 4.73. The van der Waals surface area contributed by atoms with Crippen LogP contribution < -0.4 is 4.74 Å². The van der Waals surface area contributed by atoms with Gasteiger partial charge in [0.05, 0.1) is 6.10 Å². The summed E-state index contributed by atoms with van der Waals surface area (Å²) in [6.07, 6.45) is 0.105. The summed E-state index contributed by atoms with van der Waals surface area (Å²) in [5, 5.41) is 18.5. The standard InChI is InChI=1S/C16H16O4/c1-10(2)20-13-6-3-11(4-7-13)12-5-8-15(17)14(9-12)16(18)19/h3-10,17H,1-2H3,(H,18,19). The Hall–Kier alpha value is -2.49. The number of rotatable bonds is 4. The van der Waals surface area contributed by atoms with E-state index in [1.54, 1.807) is 6.07 Å². The summed E-state index contributed by atoms with van der Waals surface area (Å²) in [6, 6.07) is 11.9. The quantitative estimate of drug-likeness (QED) is 0.893. The van der Waals surface area contributed by atoms with E-state index in [1.165, 1.54) is 12.1 Å². The second kappa shape index (κ2) is 5.65. The lowest BCUT2D eigenvalue weighted by molar-refractivity contribution is 0.0694. The molecule has 0 radical (unpaired) electrons. The fourth-order valence-electron chi connectivity index (χ4n) is 1.89. The predicted octanol–water partition coefficient (Wildman–Crippen LogP) is 3.54. The molecular weight excluding hydrogens is 256 g/mol. The van der Waals surface area contributed by atoms with E-state index in [4.69, 9.17) is 9.84 Å². The number of carbonyl (C=O) groups is 1. The highest BCUT2D eigenvalue weighted by Crippen LogP contribution is 2.27. The van der Waals surface area contributed by atoms with E-state index < -0.39 is 5.97 Å². The zero-order chi connectivity index (χ0) is 14.7. The van der Waals surface area contributed by atoms with Gasteiger partial charge in [0.1, 0.15) is 17.1 Å². The van der Waals surface area contributed by atoms with E-state index in [2.05, 4.69) is 0 Å². The van der Waals surface area contributed by atoms with Crippen LogP contribution >= 0.6 is 0 Å². The van der Waals surface area contributed by atoms with Crippen LogP contribution in [0.25, 0.3) is 11.1 Å². The Balaban J connectivity index is 2.32. The van der Waals surface area contributed by atoms with Crippen LogP contribution in [0.4, 0.5) is 0 Å². The number of aromatic carboxylic acids is 1. The molecule has 4 heteroatoms. The van der Waals surface area contributed by atoms with Gasteiger partial charge in [-0.3, -0.25) is 0 Å². The SMILES string of the molecule is CC(C)Oc1ccc(-c2ccc(O)c(C(=O)O)c2)cc1. The zero-order valence-electron chi connectivity index (χ0n) is 11.3. The van der Waals surface area contributed by atoms with Crippen LogP contribution in [0, 0.1) is 0 Å². The first-order valence-electron chi connectivity index (χ1n) is 6.31. The van der Waals surface area contributed by atoms with Crippen LogP contribution in [0.15, 0.2) is 42.5 Å². The average Bonchev–Trinajstić information content (AvgIpc) is 2.39. The van der Waals surface area contributed by atoms with Gasteiger partial charge in [0.25, 0.3) is 0 Å². The molecular formula is C16H16O4. The minimum absolute atomic E-state index is 0.105. The van der Waals surface area contributed by atoms with Crippen molar-refractivity contribution in [3.05, 3.63) is 48.0 Å². The van der Waals surface area contributed by atoms with Crippen molar-refractivity contribution in [1.82, 2.24) is 0 Å². The Morgan fingerprint density at radius 1 is 1.05 bits per heavy atom. The molecule has 0 aliphatic heterocycles. The maximum Gasteiger partial charge on any atom is 0.339 e. The first-order valence-corrected chi connectivity index (χ1v) is 6.31. The summed E-state index contributed by atoms with van der Waals surface area (Å²) in [7, 11) is 0. The van der Waals surface area contributed by atoms with Gasteiger partial charge in [-0.05, 0) is 49.2 Å². The number of aromatic hydroxyl groups is 1. The van der Waals surface area contributed by atoms with E-state index in [0.29, 0.717) is 0 Å². The van der Waals surface area contributed by atoms with Crippen molar-refractivity contribution in [2.75, 3.05) is 0 Å². The molecule has 0 bridgehead atoms. The van der Waals surface area contributed by atoms with Crippen molar-refractivity contribution in [2.45, 2.75) is 20.0 Å². The first-order chi connectivity index (χ1) is 9.47. The highest BCUT2D eigenvalue weighted by molar-refractivity contribution is 5.92. The highest BCUT2D eigenvalue weighted by Gasteiger charge is 2.11. The summed E-state index contributed by atoms with van der Waals surface area (Å²) in [4.78, 5) is 11.0. The van der Waals surface area contributed by atoms with Crippen molar-refractivity contribution in [3.8, 4) is 22.6 Å². The van der Waals surface area contributed by atoms with Crippen LogP contribution in [-0.4, -0.2) is 22.3 Å². The van der Waals surface area contributed by atoms with E-state index in [-0.39, 0.29) is 17.4 Å². The van der Waals surface area contributed by atoms with Gasteiger partial charge in [-0.15, -0.1) is 0 Å². The lowest BCUT2D eigenvalue weighted by Gasteiger charge is -2.10. The molecule has 0 aliphatic carbocycles. The van der Waals surface area contributed by atoms with Crippen molar-refractivity contribution < 1.29 is 19.7 Å². The fourth-order valence-corrected chi connectivity index (χ4v) is 1.89. The Morgan fingerprint density at radius 2 is 1.65 bits per heavy atom. The Morgan fingerprint density at radius 3 is 2.20 bits per heavy atom. The third-order valence-electron chi connectivity index (χ3n) is 2.79. The lowest BCUT2D eigenvalue weighted by Crippen LogP contribution is -2.05. The van der Waals surface area contributed by atoms with E-state index in [0.717, 1.165) is 16.9 Å². The molecule has 0 atom stereocenters. The second-order valence-electron chi connectivity index (χ2n) is 4.73. The molecule has 2 aromatic carbocycles. The predicted molar refractivity (Wildman–Crippen MR) is 76.3 cm³/mol. The van der Waals surface area contributed by atoms with Gasteiger partial charge in [-0.25, -0.2) is 4.79 Å². The topological polar surface area (TPSA) is 66.8 Å². The third-order valence-corrected chi connectivity index (χ3v) is 2.79. The molecule has 0 saturated carbocycles. The number of ether oxygens (including phenoxy) is 1. The van der Waals surface area contributed by atoms with Gasteiger partial charge < -0.3 is 14.9 Å². The molecule has 20 heavy (non-hydrogen) atoms. The van der Waals surface area contributed by atoms with Crippen LogP contribution in [0.1, 0.15) is 24.2 Å². The molecule has 2 aromatic rings. The number of benzene rings is 2. The fraction of sp³-hybridized carbons (Fsp3) is 0.188. The van der Waals surface area contributed by atoms with Gasteiger partial charge in [-0.1, -0.05) is 18.2 Å². The van der Waals surface area contributed by atoms with Crippen molar-refractivity contribution >= 4 is 5.97 Å². The van der Waals surface area contributed by atoms with Crippen molar-refractivity contribution in [3.63, 3.8) is 0 Å². The van der Waals surface area contributed by atoms with Crippen molar-refractivity contribution in [1.29, 1.82) is 0 Å². The lowest BCUT2D eigenvalue weighted by atomic mass is 10.0. The summed E-state index contributed by atoms with van der Waals surface area (Å²) in [5.41, 5.74) is 1.49. The summed E-state index contributed by atoms with van der Waals surface area (Å²) in [6.45, 7) is 3.90. The molecule has 0 saturated heterocycles. The highest BCUT2D eigenvalue weighted by atomic mass is 16.5. The first kappa shape index (κ1) is 13.9. The van der Waals surface area contributed by atoms with E-state index in [1.807, 2.05) is 38.1 Å². The molecule has 104 valence electrons. The third kappa shape index (κ3) is 3.09. The minimum atomic E-state index is -1.15. The normalized spacial score (nSPS) is 10.6. The molecule has 2 rings (SSSR count). The largest absolute Gasteiger partial charge is 0.507 e. The van der Waals surface area contributed by atoms with E-state index >= 15 is 0 Å². The molecule has 0 fully saturated rings. The van der Waals surface area contributed by atoms with Crippen molar-refractivity contribution in [2.24, 2.45) is 0 Å². The van der Waals surface area contributed by atoms with Crippen LogP contribution in [0.2, 0.25) is 0 Å². The smallest absolute Gasteiger partial charge is 0.339 e. The number of carboxylic acid groups (broad SMARTS) is 1. The average molecular weight is 272 g/mol. The molecule has 0 unspecified atom stereocenters. The monoisotopic (exact) mass is 272 g/mol. The maximum atomic E-state index is 11.0. The van der Waals surface area contributed by atoms with Gasteiger partial charge in [0, 0.05) is 0 Å². The number of hydrogen-bond donors (Lipinski definition) is 2. The molecule has 0 aliphatic rings. The Kier molecular flexibility index (Phi) is 3.94. The van der Waals surface area contributed by atoms with E-state index in [9.17, 15) is 9.90 Å². The Bertz CT molecular complexity index is 615. The molecule has 0 aromatic heterocycles. The number of carboxylic acids is 1. The van der Waals surface area contributed by atoms with Crippen LogP contribution in [-0.2, 0) is 0 Å². The molecule has 0 amide bonds. The molecule has 0 spiro atoms. The summed E-state index contributed by atoms with van der Waals surface area (Å²) in [5.74, 6) is -0.619. The number of phenols is 1. The van der Waals surface area contributed by atoms with Gasteiger partial charge in [0.2, 0.25) is 0 Å².